The highest BCUT2D eigenvalue weighted by atomic mass is 35.5. The van der Waals surface area contributed by atoms with Crippen LogP contribution in [0.5, 0.6) is 0 Å². The number of halogens is 1. The number of aromatic nitrogens is 5. The Hall–Kier alpha value is -3.06. The molecule has 2 heterocycles. The average Bonchev–Trinajstić information content (AvgIpc) is 3.09. The molecular weight excluding hydrogens is 316 g/mol. The maximum absolute atomic E-state index is 12.0. The van der Waals surface area contributed by atoms with E-state index < -0.39 is 0 Å². The smallest absolute Gasteiger partial charge is 0.249 e. The summed E-state index contributed by atoms with van der Waals surface area (Å²) in [5.41, 5.74) is 0.760. The second-order valence-corrected chi connectivity index (χ2v) is 4.85. The first-order valence-corrected chi connectivity index (χ1v) is 7.01. The summed E-state index contributed by atoms with van der Waals surface area (Å²) in [5, 5.41) is 7.19. The Balaban J connectivity index is 1.71. The molecule has 1 N–H and O–H groups in total. The predicted octanol–water partition coefficient (Wildman–Crippen LogP) is 2.36. The van der Waals surface area contributed by atoms with Crippen molar-refractivity contribution in [3.8, 4) is 5.82 Å². The summed E-state index contributed by atoms with van der Waals surface area (Å²) in [7, 11) is 0. The molecule has 114 valence electrons. The van der Waals surface area contributed by atoms with E-state index in [-0.39, 0.29) is 5.91 Å². The van der Waals surface area contributed by atoms with E-state index in [1.807, 2.05) is 18.2 Å². The summed E-state index contributed by atoms with van der Waals surface area (Å²) < 4.78 is 1.47. The van der Waals surface area contributed by atoms with Gasteiger partial charge in [0.1, 0.15) is 24.8 Å². The first-order valence-electron chi connectivity index (χ1n) is 6.63. The van der Waals surface area contributed by atoms with Gasteiger partial charge >= 0.3 is 0 Å². The summed E-state index contributed by atoms with van der Waals surface area (Å²) in [6.07, 6.45) is 7.26. The molecule has 2 aromatic heterocycles. The van der Waals surface area contributed by atoms with Crippen LogP contribution in [-0.4, -0.2) is 30.6 Å². The van der Waals surface area contributed by atoms with E-state index in [4.69, 9.17) is 11.6 Å². The lowest BCUT2D eigenvalue weighted by Gasteiger charge is -2.03. The van der Waals surface area contributed by atoms with Crippen LogP contribution in [0.25, 0.3) is 11.9 Å². The number of anilines is 1. The summed E-state index contributed by atoms with van der Waals surface area (Å²) in [6.45, 7) is 0. The third-order valence-electron chi connectivity index (χ3n) is 2.88. The van der Waals surface area contributed by atoms with E-state index in [0.29, 0.717) is 16.7 Å². The molecule has 3 aromatic rings. The molecule has 1 aromatic carbocycles. The van der Waals surface area contributed by atoms with Crippen molar-refractivity contribution in [2.75, 3.05) is 5.32 Å². The Bertz CT molecular complexity index is 847. The number of nitrogens with one attached hydrogen (secondary N) is 1. The minimum Gasteiger partial charge on any atom is -0.307 e. The van der Waals surface area contributed by atoms with Crippen LogP contribution >= 0.6 is 11.6 Å². The van der Waals surface area contributed by atoms with Crippen LogP contribution in [0.2, 0.25) is 5.02 Å². The second-order valence-electron chi connectivity index (χ2n) is 4.45. The van der Waals surface area contributed by atoms with Crippen molar-refractivity contribution in [2.45, 2.75) is 0 Å². The number of hydrogen-bond acceptors (Lipinski definition) is 5. The minimum atomic E-state index is -0.326. The quantitative estimate of drug-likeness (QED) is 0.744. The number of amides is 1. The highest BCUT2D eigenvalue weighted by Gasteiger charge is 2.04. The Kier molecular flexibility index (Phi) is 4.39. The Morgan fingerprint density at radius 1 is 1.22 bits per heavy atom. The molecule has 0 saturated carbocycles. The van der Waals surface area contributed by atoms with Gasteiger partial charge in [0.05, 0.1) is 0 Å². The second kappa shape index (κ2) is 6.80. The minimum absolute atomic E-state index is 0.326. The van der Waals surface area contributed by atoms with Crippen LogP contribution in [-0.2, 0) is 4.79 Å². The first kappa shape index (κ1) is 14.9. The molecule has 1 amide bonds. The number of benzene rings is 1. The van der Waals surface area contributed by atoms with Crippen LogP contribution in [0.4, 0.5) is 5.82 Å². The van der Waals surface area contributed by atoms with Crippen molar-refractivity contribution in [1.82, 2.24) is 24.7 Å². The fraction of sp³-hybridized carbons (Fsp3) is 0. The molecule has 0 saturated heterocycles. The molecule has 0 unspecified atom stereocenters. The molecule has 0 aliphatic heterocycles. The van der Waals surface area contributed by atoms with Gasteiger partial charge in [-0.2, -0.15) is 5.10 Å². The van der Waals surface area contributed by atoms with E-state index in [1.165, 1.54) is 29.7 Å². The van der Waals surface area contributed by atoms with Gasteiger partial charge in [0, 0.05) is 17.2 Å². The Morgan fingerprint density at radius 2 is 2.09 bits per heavy atom. The zero-order valence-corrected chi connectivity index (χ0v) is 12.6. The molecule has 0 aliphatic carbocycles. The van der Waals surface area contributed by atoms with Crippen molar-refractivity contribution in [3.63, 3.8) is 0 Å². The van der Waals surface area contributed by atoms with Crippen molar-refractivity contribution in [2.24, 2.45) is 0 Å². The van der Waals surface area contributed by atoms with Gasteiger partial charge in [-0.05, 0) is 17.7 Å². The molecule has 23 heavy (non-hydrogen) atoms. The molecular formula is C15H11ClN6O. The largest absolute Gasteiger partial charge is 0.307 e. The molecule has 0 aliphatic rings. The molecule has 0 bridgehead atoms. The van der Waals surface area contributed by atoms with Gasteiger partial charge < -0.3 is 5.32 Å². The summed E-state index contributed by atoms with van der Waals surface area (Å²) >= 11 is 6.03. The third kappa shape index (κ3) is 3.78. The first-order chi connectivity index (χ1) is 11.2. The van der Waals surface area contributed by atoms with Gasteiger partial charge in [-0.15, -0.1) is 0 Å². The summed E-state index contributed by atoms with van der Waals surface area (Å²) in [6, 6.07) is 8.84. The number of nitrogens with zero attached hydrogens (tertiary/aromatic N) is 5. The lowest BCUT2D eigenvalue weighted by atomic mass is 10.2. The van der Waals surface area contributed by atoms with E-state index in [0.717, 1.165) is 5.56 Å². The third-order valence-corrected chi connectivity index (χ3v) is 3.22. The topological polar surface area (TPSA) is 85.6 Å². The number of rotatable bonds is 4. The molecule has 7 nitrogen and oxygen atoms in total. The molecule has 0 atom stereocenters. The van der Waals surface area contributed by atoms with Crippen molar-refractivity contribution in [1.29, 1.82) is 0 Å². The van der Waals surface area contributed by atoms with Crippen LogP contribution < -0.4 is 5.32 Å². The van der Waals surface area contributed by atoms with Crippen molar-refractivity contribution >= 4 is 29.4 Å². The van der Waals surface area contributed by atoms with Crippen molar-refractivity contribution < 1.29 is 4.79 Å². The van der Waals surface area contributed by atoms with Gasteiger partial charge in [-0.3, -0.25) is 4.79 Å². The summed E-state index contributed by atoms with van der Waals surface area (Å²) in [5.74, 6) is 0.537. The maximum atomic E-state index is 12.0. The monoisotopic (exact) mass is 326 g/mol. The number of hydrogen-bond donors (Lipinski definition) is 1. The van der Waals surface area contributed by atoms with Gasteiger partial charge in [0.25, 0.3) is 0 Å². The zero-order valence-electron chi connectivity index (χ0n) is 11.8. The highest BCUT2D eigenvalue weighted by molar-refractivity contribution is 6.32. The Labute approximate surface area is 136 Å². The molecule has 0 fully saturated rings. The highest BCUT2D eigenvalue weighted by Crippen LogP contribution is 2.16. The van der Waals surface area contributed by atoms with E-state index in [9.17, 15) is 4.79 Å². The van der Waals surface area contributed by atoms with Gasteiger partial charge in [-0.1, -0.05) is 29.8 Å². The SMILES string of the molecule is O=C(C=Cc1ccccc1Cl)Nc1cc(-n2cncn2)ncn1. The van der Waals surface area contributed by atoms with E-state index >= 15 is 0 Å². The molecule has 0 radical (unpaired) electrons. The fourth-order valence-corrected chi connectivity index (χ4v) is 2.01. The summed E-state index contributed by atoms with van der Waals surface area (Å²) in [4.78, 5) is 23.9. The fourth-order valence-electron chi connectivity index (χ4n) is 1.81. The van der Waals surface area contributed by atoms with E-state index in [2.05, 4.69) is 25.4 Å². The van der Waals surface area contributed by atoms with Crippen LogP contribution in [0.15, 0.2) is 55.4 Å². The maximum Gasteiger partial charge on any atom is 0.249 e. The molecule has 8 heteroatoms. The van der Waals surface area contributed by atoms with E-state index in [1.54, 1.807) is 18.2 Å². The number of carbonyl (C=O) groups is 1. The lowest BCUT2D eigenvalue weighted by molar-refractivity contribution is -0.111. The predicted molar refractivity (Wildman–Crippen MR) is 86.1 cm³/mol. The number of carbonyl (C=O) groups excluding carboxylic acids is 1. The van der Waals surface area contributed by atoms with Crippen LogP contribution in [0.1, 0.15) is 5.56 Å². The normalized spacial score (nSPS) is 10.8. The van der Waals surface area contributed by atoms with Gasteiger partial charge in [0.15, 0.2) is 5.82 Å². The molecule has 0 spiro atoms. The van der Waals surface area contributed by atoms with Gasteiger partial charge in [0.2, 0.25) is 5.91 Å². The average molecular weight is 327 g/mol. The standard InChI is InChI=1S/C15H11ClN6O/c16-12-4-2-1-3-11(12)5-6-15(23)21-13-7-14(19-9-18-13)22-10-17-8-20-22/h1-10H,(H,18,19,21,23). The van der Waals surface area contributed by atoms with Crippen LogP contribution in [0.3, 0.4) is 0 Å². The van der Waals surface area contributed by atoms with Crippen molar-refractivity contribution in [3.05, 3.63) is 66.0 Å². The Morgan fingerprint density at radius 3 is 2.87 bits per heavy atom. The lowest BCUT2D eigenvalue weighted by Crippen LogP contribution is -2.10. The van der Waals surface area contributed by atoms with Gasteiger partial charge in [-0.25, -0.2) is 19.6 Å². The van der Waals surface area contributed by atoms with Crippen LogP contribution in [0, 0.1) is 0 Å². The molecule has 3 rings (SSSR count). The zero-order chi connectivity index (χ0) is 16.1.